The Balaban J connectivity index is 1.44. The highest BCUT2D eigenvalue weighted by Crippen LogP contribution is 2.35. The zero-order valence-corrected chi connectivity index (χ0v) is 17.9. The number of hydrogen-bond acceptors (Lipinski definition) is 5. The lowest BCUT2D eigenvalue weighted by Crippen LogP contribution is -2.19. The maximum Gasteiger partial charge on any atom is 0.323 e. The van der Waals surface area contributed by atoms with Gasteiger partial charge in [-0.3, -0.25) is 0 Å². The van der Waals surface area contributed by atoms with E-state index in [9.17, 15) is 4.79 Å². The molecule has 2 amide bonds. The fraction of sp³-hybridized carbons (Fsp3) is 0.0833. The molecular weight excluding hydrogens is 410 g/mol. The van der Waals surface area contributed by atoms with Crippen molar-refractivity contribution in [3.05, 3.63) is 78.2 Å². The number of carbonyl (C=O) groups is 1. The van der Waals surface area contributed by atoms with Gasteiger partial charge in [0.25, 0.3) is 0 Å². The van der Waals surface area contributed by atoms with E-state index in [1.54, 1.807) is 36.6 Å². The summed E-state index contributed by atoms with van der Waals surface area (Å²) in [6, 6.07) is 22.6. The molecule has 0 aliphatic carbocycles. The van der Waals surface area contributed by atoms with Gasteiger partial charge in [-0.05, 0) is 24.3 Å². The fourth-order valence-electron chi connectivity index (χ4n) is 3.11. The first-order valence-corrected chi connectivity index (χ1v) is 10.5. The molecule has 2 N–H and O–H groups in total. The number of amides is 2. The van der Waals surface area contributed by atoms with E-state index in [1.807, 2.05) is 60.0 Å². The number of urea groups is 1. The number of ether oxygens (including phenoxy) is 2. The lowest BCUT2D eigenvalue weighted by atomic mass is 10.1. The molecule has 6 nitrogen and oxygen atoms in total. The van der Waals surface area contributed by atoms with Crippen LogP contribution >= 0.6 is 11.3 Å². The van der Waals surface area contributed by atoms with Crippen molar-refractivity contribution >= 4 is 28.7 Å². The van der Waals surface area contributed by atoms with Crippen LogP contribution in [0.2, 0.25) is 0 Å². The van der Waals surface area contributed by atoms with Crippen LogP contribution in [0.3, 0.4) is 0 Å². The van der Waals surface area contributed by atoms with Gasteiger partial charge in [-0.25, -0.2) is 9.78 Å². The van der Waals surface area contributed by atoms with Gasteiger partial charge < -0.3 is 20.1 Å². The molecule has 0 aliphatic heterocycles. The van der Waals surface area contributed by atoms with Gasteiger partial charge >= 0.3 is 6.03 Å². The van der Waals surface area contributed by atoms with Gasteiger partial charge in [-0.2, -0.15) is 0 Å². The van der Waals surface area contributed by atoms with Crippen LogP contribution in [-0.2, 0) is 0 Å². The summed E-state index contributed by atoms with van der Waals surface area (Å²) in [6.07, 6.45) is 0. The van der Waals surface area contributed by atoms with Gasteiger partial charge in [-0.1, -0.05) is 48.5 Å². The lowest BCUT2D eigenvalue weighted by molar-refractivity contribution is 0.262. The highest BCUT2D eigenvalue weighted by atomic mass is 32.1. The molecule has 0 atom stereocenters. The molecule has 31 heavy (non-hydrogen) atoms. The van der Waals surface area contributed by atoms with Crippen molar-refractivity contribution < 1.29 is 14.3 Å². The second kappa shape index (κ2) is 9.32. The number of anilines is 2. The van der Waals surface area contributed by atoms with E-state index in [0.717, 1.165) is 21.8 Å². The number of aromatic nitrogens is 1. The number of rotatable bonds is 6. The topological polar surface area (TPSA) is 72.5 Å². The Morgan fingerprint density at radius 3 is 2.32 bits per heavy atom. The van der Waals surface area contributed by atoms with Crippen molar-refractivity contribution in [2.24, 2.45) is 0 Å². The molecule has 3 aromatic carbocycles. The molecule has 4 rings (SSSR count). The smallest absolute Gasteiger partial charge is 0.323 e. The molecule has 1 aromatic heterocycles. The Kier molecular flexibility index (Phi) is 6.14. The minimum atomic E-state index is -0.376. The Morgan fingerprint density at radius 2 is 1.61 bits per heavy atom. The number of hydrogen-bond donors (Lipinski definition) is 2. The monoisotopic (exact) mass is 431 g/mol. The third kappa shape index (κ3) is 4.67. The Labute approximate surface area is 184 Å². The quantitative estimate of drug-likeness (QED) is 0.385. The molecule has 156 valence electrons. The first-order chi connectivity index (χ1) is 15.2. The van der Waals surface area contributed by atoms with Crippen LogP contribution in [0.15, 0.2) is 78.2 Å². The van der Waals surface area contributed by atoms with Crippen molar-refractivity contribution in [2.45, 2.75) is 0 Å². The van der Waals surface area contributed by atoms with E-state index in [0.29, 0.717) is 22.9 Å². The van der Waals surface area contributed by atoms with Crippen molar-refractivity contribution in [2.75, 3.05) is 24.9 Å². The van der Waals surface area contributed by atoms with Crippen LogP contribution in [0.25, 0.3) is 21.8 Å². The molecule has 0 saturated carbocycles. The minimum absolute atomic E-state index is 0.376. The summed E-state index contributed by atoms with van der Waals surface area (Å²) in [4.78, 5) is 17.2. The van der Waals surface area contributed by atoms with Crippen molar-refractivity contribution in [1.82, 2.24) is 4.98 Å². The lowest BCUT2D eigenvalue weighted by Gasteiger charge is -2.14. The number of thiazole rings is 1. The summed E-state index contributed by atoms with van der Waals surface area (Å²) in [5, 5.41) is 8.62. The highest BCUT2D eigenvalue weighted by Gasteiger charge is 2.12. The molecule has 4 aromatic rings. The number of benzene rings is 3. The Hall–Kier alpha value is -3.84. The summed E-state index contributed by atoms with van der Waals surface area (Å²) < 4.78 is 10.6. The first kappa shape index (κ1) is 20.4. The van der Waals surface area contributed by atoms with Crippen LogP contribution in [0.1, 0.15) is 0 Å². The van der Waals surface area contributed by atoms with Gasteiger partial charge in [0.15, 0.2) is 11.5 Å². The number of nitrogens with zero attached hydrogens (tertiary/aromatic N) is 1. The summed E-state index contributed by atoms with van der Waals surface area (Å²) in [6.45, 7) is 0. The molecule has 0 fully saturated rings. The largest absolute Gasteiger partial charge is 0.493 e. The SMILES string of the molecule is COc1cccc(NC(=O)Nc2ccc(-c3csc(-c4ccccc4)n3)cc2)c1OC. The van der Waals surface area contributed by atoms with Gasteiger partial charge in [0.2, 0.25) is 0 Å². The second-order valence-corrected chi connectivity index (χ2v) is 7.46. The highest BCUT2D eigenvalue weighted by molar-refractivity contribution is 7.13. The number of carbonyl (C=O) groups excluding carboxylic acids is 1. The van der Waals surface area contributed by atoms with E-state index in [4.69, 9.17) is 14.5 Å². The Morgan fingerprint density at radius 1 is 0.839 bits per heavy atom. The normalized spacial score (nSPS) is 10.4. The number of para-hydroxylation sites is 1. The average molecular weight is 432 g/mol. The summed E-state index contributed by atoms with van der Waals surface area (Å²) in [7, 11) is 3.08. The third-order valence-corrected chi connectivity index (χ3v) is 5.51. The van der Waals surface area contributed by atoms with Gasteiger partial charge in [0.1, 0.15) is 5.01 Å². The van der Waals surface area contributed by atoms with Gasteiger partial charge in [-0.15, -0.1) is 11.3 Å². The zero-order valence-electron chi connectivity index (χ0n) is 17.1. The van der Waals surface area contributed by atoms with Crippen LogP contribution in [0.5, 0.6) is 11.5 Å². The van der Waals surface area contributed by atoms with Gasteiger partial charge in [0, 0.05) is 22.2 Å². The molecule has 0 radical (unpaired) electrons. The number of nitrogens with one attached hydrogen (secondary N) is 2. The molecule has 0 spiro atoms. The molecule has 0 bridgehead atoms. The van der Waals surface area contributed by atoms with E-state index in [1.165, 1.54) is 7.11 Å². The maximum absolute atomic E-state index is 12.4. The summed E-state index contributed by atoms with van der Waals surface area (Å²) in [5.74, 6) is 1.01. The Bertz CT molecular complexity index is 1170. The first-order valence-electron chi connectivity index (χ1n) is 9.58. The molecule has 0 saturated heterocycles. The minimum Gasteiger partial charge on any atom is -0.493 e. The molecule has 0 aliphatic rings. The molecule has 1 heterocycles. The van der Waals surface area contributed by atoms with Crippen LogP contribution in [-0.4, -0.2) is 25.2 Å². The van der Waals surface area contributed by atoms with Crippen LogP contribution < -0.4 is 20.1 Å². The summed E-state index contributed by atoms with van der Waals surface area (Å²) in [5.41, 5.74) is 4.18. The van der Waals surface area contributed by atoms with E-state index in [2.05, 4.69) is 10.6 Å². The van der Waals surface area contributed by atoms with Crippen LogP contribution in [0.4, 0.5) is 16.2 Å². The van der Waals surface area contributed by atoms with E-state index >= 15 is 0 Å². The maximum atomic E-state index is 12.4. The average Bonchev–Trinajstić information content (AvgIpc) is 3.30. The molecule has 7 heteroatoms. The molecule has 0 unspecified atom stereocenters. The van der Waals surface area contributed by atoms with E-state index in [-0.39, 0.29) is 6.03 Å². The predicted octanol–water partition coefficient (Wildman–Crippen LogP) is 6.14. The van der Waals surface area contributed by atoms with Gasteiger partial charge in [0.05, 0.1) is 25.6 Å². The van der Waals surface area contributed by atoms with Crippen LogP contribution in [0, 0.1) is 0 Å². The zero-order chi connectivity index (χ0) is 21.6. The number of methoxy groups -OCH3 is 2. The third-order valence-electron chi connectivity index (χ3n) is 4.61. The predicted molar refractivity (Wildman–Crippen MR) is 125 cm³/mol. The summed E-state index contributed by atoms with van der Waals surface area (Å²) >= 11 is 1.61. The van der Waals surface area contributed by atoms with E-state index < -0.39 is 0 Å². The fourth-order valence-corrected chi connectivity index (χ4v) is 3.95. The van der Waals surface area contributed by atoms with Crippen molar-refractivity contribution in [3.8, 4) is 33.3 Å². The van der Waals surface area contributed by atoms with Crippen molar-refractivity contribution in [1.29, 1.82) is 0 Å². The van der Waals surface area contributed by atoms with Crippen molar-refractivity contribution in [3.63, 3.8) is 0 Å². The second-order valence-electron chi connectivity index (χ2n) is 6.60. The standard InChI is InChI=1S/C24H21N3O3S/c1-29-21-10-6-9-19(22(21)30-2)27-24(28)25-18-13-11-16(12-14-18)20-15-31-23(26-20)17-7-4-3-5-8-17/h3-15H,1-2H3,(H2,25,27,28). The molecular formula is C24H21N3O3S.